The van der Waals surface area contributed by atoms with Crippen LogP contribution >= 0.6 is 0 Å². The van der Waals surface area contributed by atoms with E-state index in [0.717, 1.165) is 64.6 Å². The number of fused-ring (bicyclic) bond motifs is 16. The SMILES string of the molecule is O=Cc1cc2c(c3ccccc13)CC1C3CC(C21)C1C2C=CC(C2)C31. The van der Waals surface area contributed by atoms with E-state index in [-0.39, 0.29) is 0 Å². The van der Waals surface area contributed by atoms with Crippen molar-refractivity contribution in [2.24, 2.45) is 41.4 Å². The molecule has 0 aliphatic heterocycles. The van der Waals surface area contributed by atoms with Crippen LogP contribution < -0.4 is 0 Å². The molecule has 124 valence electrons. The van der Waals surface area contributed by atoms with Crippen molar-refractivity contribution in [2.75, 3.05) is 0 Å². The van der Waals surface area contributed by atoms with Crippen LogP contribution in [-0.2, 0) is 6.42 Å². The molecule has 3 fully saturated rings. The van der Waals surface area contributed by atoms with Gasteiger partial charge in [-0.2, -0.15) is 0 Å². The van der Waals surface area contributed by atoms with Crippen LogP contribution in [0.2, 0.25) is 0 Å². The minimum absolute atomic E-state index is 0.734. The molecule has 0 amide bonds. The molecule has 0 aromatic heterocycles. The van der Waals surface area contributed by atoms with E-state index in [2.05, 4.69) is 42.5 Å². The molecule has 7 rings (SSSR count). The molecule has 8 atom stereocenters. The summed E-state index contributed by atoms with van der Waals surface area (Å²) >= 11 is 0. The number of rotatable bonds is 1. The molecule has 2 aromatic rings. The van der Waals surface area contributed by atoms with Crippen LogP contribution in [-0.4, -0.2) is 6.29 Å². The summed E-state index contributed by atoms with van der Waals surface area (Å²) in [6, 6.07) is 10.8. The molecule has 0 spiro atoms. The van der Waals surface area contributed by atoms with Gasteiger partial charge in [-0.3, -0.25) is 4.79 Å². The molecule has 1 heteroatoms. The molecule has 4 bridgehead atoms. The van der Waals surface area contributed by atoms with Crippen molar-refractivity contribution >= 4 is 17.1 Å². The summed E-state index contributed by atoms with van der Waals surface area (Å²) < 4.78 is 0. The molecular formula is C24H22O. The van der Waals surface area contributed by atoms with Gasteiger partial charge < -0.3 is 0 Å². The smallest absolute Gasteiger partial charge is 0.150 e. The van der Waals surface area contributed by atoms with Crippen molar-refractivity contribution in [2.45, 2.75) is 25.2 Å². The minimum Gasteiger partial charge on any atom is -0.298 e. The number of allylic oxidation sites excluding steroid dienone is 2. The topological polar surface area (TPSA) is 17.1 Å². The Morgan fingerprint density at radius 1 is 0.880 bits per heavy atom. The lowest BCUT2D eigenvalue weighted by Crippen LogP contribution is -2.34. The third kappa shape index (κ3) is 1.39. The van der Waals surface area contributed by atoms with Gasteiger partial charge in [-0.1, -0.05) is 36.4 Å². The Labute approximate surface area is 148 Å². The lowest BCUT2D eigenvalue weighted by molar-refractivity contribution is 0.112. The van der Waals surface area contributed by atoms with Crippen molar-refractivity contribution in [3.8, 4) is 0 Å². The van der Waals surface area contributed by atoms with Gasteiger partial charge in [-0.25, -0.2) is 0 Å². The number of aldehydes is 1. The van der Waals surface area contributed by atoms with Crippen LogP contribution in [0.1, 0.15) is 40.2 Å². The van der Waals surface area contributed by atoms with Crippen molar-refractivity contribution < 1.29 is 4.79 Å². The quantitative estimate of drug-likeness (QED) is 0.410. The summed E-state index contributed by atoms with van der Waals surface area (Å²) in [5.74, 6) is 7.06. The molecular weight excluding hydrogens is 304 g/mol. The molecule has 0 saturated heterocycles. The molecule has 0 radical (unpaired) electrons. The predicted molar refractivity (Wildman–Crippen MR) is 98.6 cm³/mol. The van der Waals surface area contributed by atoms with Crippen LogP contribution in [0.5, 0.6) is 0 Å². The number of carbonyl (C=O) groups is 1. The first-order valence-corrected chi connectivity index (χ1v) is 10.0. The van der Waals surface area contributed by atoms with E-state index in [1.807, 2.05) is 0 Å². The van der Waals surface area contributed by atoms with E-state index in [4.69, 9.17) is 0 Å². The van der Waals surface area contributed by atoms with Crippen LogP contribution in [0.25, 0.3) is 10.8 Å². The summed E-state index contributed by atoms with van der Waals surface area (Å²) in [7, 11) is 0. The van der Waals surface area contributed by atoms with Crippen molar-refractivity contribution in [1.29, 1.82) is 0 Å². The fraction of sp³-hybridized carbons (Fsp3) is 0.458. The normalized spacial score (nSPS) is 44.3. The van der Waals surface area contributed by atoms with Gasteiger partial charge in [0.15, 0.2) is 6.29 Å². The Balaban J connectivity index is 1.43. The Morgan fingerprint density at radius 3 is 2.44 bits per heavy atom. The Hall–Kier alpha value is -1.89. The molecule has 0 N–H and O–H groups in total. The number of carbonyl (C=O) groups excluding carboxylic acids is 1. The van der Waals surface area contributed by atoms with E-state index in [9.17, 15) is 4.79 Å². The largest absolute Gasteiger partial charge is 0.298 e. The Morgan fingerprint density at radius 2 is 1.64 bits per heavy atom. The second-order valence-electron chi connectivity index (χ2n) is 9.26. The van der Waals surface area contributed by atoms with Crippen molar-refractivity contribution in [3.63, 3.8) is 0 Å². The highest BCUT2D eigenvalue weighted by atomic mass is 16.1. The lowest BCUT2D eigenvalue weighted by Gasteiger charge is -2.39. The van der Waals surface area contributed by atoms with E-state index in [1.54, 1.807) is 11.1 Å². The van der Waals surface area contributed by atoms with Gasteiger partial charge >= 0.3 is 0 Å². The molecule has 0 heterocycles. The average Bonchev–Trinajstić information content (AvgIpc) is 3.42. The number of hydrogen-bond acceptors (Lipinski definition) is 1. The van der Waals surface area contributed by atoms with Crippen LogP contribution in [0.15, 0.2) is 42.5 Å². The van der Waals surface area contributed by atoms with Crippen LogP contribution in [0, 0.1) is 41.4 Å². The first-order valence-electron chi connectivity index (χ1n) is 10.0. The number of benzene rings is 2. The third-order valence-electron chi connectivity index (χ3n) is 8.74. The third-order valence-corrected chi connectivity index (χ3v) is 8.74. The highest BCUT2D eigenvalue weighted by Crippen LogP contribution is 2.73. The molecule has 5 aliphatic carbocycles. The van der Waals surface area contributed by atoms with E-state index in [0.29, 0.717) is 0 Å². The first kappa shape index (κ1) is 13.3. The van der Waals surface area contributed by atoms with Gasteiger partial charge in [0.25, 0.3) is 0 Å². The van der Waals surface area contributed by atoms with Crippen molar-refractivity contribution in [3.05, 3.63) is 59.2 Å². The zero-order valence-corrected chi connectivity index (χ0v) is 14.3. The maximum atomic E-state index is 11.7. The van der Waals surface area contributed by atoms with Gasteiger partial charge in [-0.05, 0) is 94.6 Å². The second-order valence-corrected chi connectivity index (χ2v) is 9.26. The van der Waals surface area contributed by atoms with E-state index < -0.39 is 0 Å². The van der Waals surface area contributed by atoms with Gasteiger partial charge in [0.05, 0.1) is 0 Å². The minimum atomic E-state index is 0.734. The van der Waals surface area contributed by atoms with E-state index in [1.165, 1.54) is 24.6 Å². The fourth-order valence-corrected chi connectivity index (χ4v) is 8.25. The molecule has 8 unspecified atom stereocenters. The van der Waals surface area contributed by atoms with Crippen LogP contribution in [0.4, 0.5) is 0 Å². The highest BCUT2D eigenvalue weighted by Gasteiger charge is 2.66. The zero-order valence-electron chi connectivity index (χ0n) is 14.3. The van der Waals surface area contributed by atoms with Gasteiger partial charge in [0.2, 0.25) is 0 Å². The summed E-state index contributed by atoms with van der Waals surface area (Å²) in [6.45, 7) is 0. The van der Waals surface area contributed by atoms with Crippen molar-refractivity contribution in [1.82, 2.24) is 0 Å². The van der Waals surface area contributed by atoms with Crippen LogP contribution in [0.3, 0.4) is 0 Å². The Kier molecular flexibility index (Phi) is 2.27. The van der Waals surface area contributed by atoms with Gasteiger partial charge in [0.1, 0.15) is 0 Å². The fourth-order valence-electron chi connectivity index (χ4n) is 8.25. The highest BCUT2D eigenvalue weighted by molar-refractivity contribution is 6.00. The molecule has 5 aliphatic rings. The number of hydrogen-bond donors (Lipinski definition) is 0. The first-order chi connectivity index (χ1) is 12.3. The molecule has 3 saturated carbocycles. The molecule has 25 heavy (non-hydrogen) atoms. The summed E-state index contributed by atoms with van der Waals surface area (Å²) in [5.41, 5.74) is 4.02. The maximum Gasteiger partial charge on any atom is 0.150 e. The summed E-state index contributed by atoms with van der Waals surface area (Å²) in [4.78, 5) is 11.7. The molecule has 1 nitrogen and oxygen atoms in total. The summed E-state index contributed by atoms with van der Waals surface area (Å²) in [5, 5.41) is 2.51. The summed E-state index contributed by atoms with van der Waals surface area (Å²) in [6.07, 6.45) is 10.3. The monoisotopic (exact) mass is 326 g/mol. The molecule has 2 aromatic carbocycles. The standard InChI is InChI=1S/C24H22O/c25-11-14-8-18-17(16-4-2-1-3-15(14)16)9-20-19-10-21(24(18)20)23-13-6-5-12(7-13)22(19)23/h1-6,8,11-13,19-24H,7,9-10H2. The van der Waals surface area contributed by atoms with Gasteiger partial charge in [0, 0.05) is 5.56 Å². The Bertz CT molecular complexity index is 969. The van der Waals surface area contributed by atoms with E-state index >= 15 is 0 Å². The lowest BCUT2D eigenvalue weighted by atomic mass is 9.65. The second kappa shape index (κ2) is 4.26. The predicted octanol–water partition coefficient (Wildman–Crippen LogP) is 5.00. The zero-order chi connectivity index (χ0) is 16.3. The average molecular weight is 326 g/mol. The van der Waals surface area contributed by atoms with Gasteiger partial charge in [-0.15, -0.1) is 0 Å². The maximum absolute atomic E-state index is 11.7.